The Labute approximate surface area is 74.3 Å². The lowest BCUT2D eigenvalue weighted by Crippen LogP contribution is -1.95. The number of halogens is 1. The molecule has 60 valence electrons. The van der Waals surface area contributed by atoms with Crippen LogP contribution in [0.5, 0.6) is 0 Å². The Kier molecular flexibility index (Phi) is 2.34. The minimum absolute atomic E-state index is 0.340. The van der Waals surface area contributed by atoms with Crippen molar-refractivity contribution in [1.82, 2.24) is 0 Å². The summed E-state index contributed by atoms with van der Waals surface area (Å²) in [5.74, 6) is 0. The van der Waals surface area contributed by atoms with Crippen molar-refractivity contribution in [1.29, 1.82) is 0 Å². The van der Waals surface area contributed by atoms with Gasteiger partial charge < -0.3 is 0 Å². The molecule has 0 amide bonds. The molecule has 0 aliphatic rings. The molecule has 11 heavy (non-hydrogen) atoms. The van der Waals surface area contributed by atoms with Crippen molar-refractivity contribution in [3.05, 3.63) is 28.7 Å². The Morgan fingerprint density at radius 3 is 2.36 bits per heavy atom. The van der Waals surface area contributed by atoms with Crippen LogP contribution >= 0.6 is 15.9 Å². The molecular weight excluding hydrogens is 234 g/mol. The number of hydrogen-bond donors (Lipinski definition) is 0. The summed E-state index contributed by atoms with van der Waals surface area (Å²) in [5, 5.41) is 0. The highest BCUT2D eigenvalue weighted by molar-refractivity contribution is 9.10. The Bertz CT molecular complexity index is 356. The monoisotopic (exact) mass is 240 g/mol. The molecule has 0 aliphatic heterocycles. The number of hydrogen-bond acceptors (Lipinski definition) is 2. The van der Waals surface area contributed by atoms with Crippen LogP contribution < -0.4 is 0 Å². The summed E-state index contributed by atoms with van der Waals surface area (Å²) < 4.78 is 22.7. The maximum absolute atomic E-state index is 11.0. The lowest BCUT2D eigenvalue weighted by atomic mass is 11.4. The molecule has 0 atom stereocenters. The predicted molar refractivity (Wildman–Crippen MR) is 47.3 cm³/mol. The summed E-state index contributed by atoms with van der Waals surface area (Å²) in [6.07, 6.45) is 1.19. The molecule has 1 rings (SSSR count). The van der Waals surface area contributed by atoms with Gasteiger partial charge in [-0.15, -0.1) is 0 Å². The molecule has 0 spiro atoms. The molecular formula is C7H7BrO2S. The first-order valence-electron chi connectivity index (χ1n) is 2.96. The van der Waals surface area contributed by atoms with Gasteiger partial charge >= 0.3 is 0 Å². The summed E-state index contributed by atoms with van der Waals surface area (Å²) in [5.41, 5.74) is 0. The second-order valence-corrected chi connectivity index (χ2v) is 5.16. The zero-order chi connectivity index (χ0) is 8.48. The van der Waals surface area contributed by atoms with Crippen molar-refractivity contribution in [3.63, 3.8) is 0 Å². The van der Waals surface area contributed by atoms with Crippen LogP contribution in [-0.4, -0.2) is 14.7 Å². The van der Waals surface area contributed by atoms with Crippen molar-refractivity contribution < 1.29 is 8.42 Å². The van der Waals surface area contributed by atoms with Crippen LogP contribution in [0.2, 0.25) is 0 Å². The van der Waals surface area contributed by atoms with Crippen molar-refractivity contribution in [2.45, 2.75) is 4.90 Å². The third-order valence-electron chi connectivity index (χ3n) is 1.22. The van der Waals surface area contributed by atoms with Gasteiger partial charge in [-0.2, -0.15) is 0 Å². The van der Waals surface area contributed by atoms with Gasteiger partial charge in [0.2, 0.25) is 0 Å². The van der Waals surface area contributed by atoms with Gasteiger partial charge in [0, 0.05) is 10.7 Å². The van der Waals surface area contributed by atoms with Gasteiger partial charge in [0.05, 0.1) is 4.90 Å². The first-order chi connectivity index (χ1) is 5.00. The average Bonchev–Trinajstić information content (AvgIpc) is 1.86. The molecule has 4 heteroatoms. The van der Waals surface area contributed by atoms with E-state index in [0.717, 1.165) is 4.47 Å². The van der Waals surface area contributed by atoms with Crippen LogP contribution in [-0.2, 0) is 9.84 Å². The molecule has 2 nitrogen and oxygen atoms in total. The predicted octanol–water partition coefficient (Wildman–Crippen LogP) is 1.85. The van der Waals surface area contributed by atoms with Gasteiger partial charge in [-0.1, -0.05) is 22.0 Å². The molecule has 1 aromatic rings. The van der Waals surface area contributed by atoms with E-state index in [-0.39, 0.29) is 0 Å². The summed E-state index contributed by atoms with van der Waals surface area (Å²) in [7, 11) is -3.06. The van der Waals surface area contributed by atoms with E-state index in [1.807, 2.05) is 0 Å². The maximum Gasteiger partial charge on any atom is 0.175 e. The lowest BCUT2D eigenvalue weighted by Gasteiger charge is -1.96. The van der Waals surface area contributed by atoms with Gasteiger partial charge in [-0.25, -0.2) is 8.42 Å². The van der Waals surface area contributed by atoms with E-state index in [0.29, 0.717) is 4.90 Å². The van der Waals surface area contributed by atoms with Crippen molar-refractivity contribution >= 4 is 25.8 Å². The Hall–Kier alpha value is -0.350. The van der Waals surface area contributed by atoms with E-state index < -0.39 is 9.84 Å². The van der Waals surface area contributed by atoms with E-state index in [9.17, 15) is 8.42 Å². The van der Waals surface area contributed by atoms with Crippen LogP contribution in [0.1, 0.15) is 0 Å². The lowest BCUT2D eigenvalue weighted by molar-refractivity contribution is 0.602. The summed E-state index contributed by atoms with van der Waals surface area (Å²) in [6, 6.07) is 6.63. The zero-order valence-electron chi connectivity index (χ0n) is 5.91. The third kappa shape index (κ3) is 2.31. The minimum atomic E-state index is -3.06. The molecule has 0 aromatic heterocycles. The van der Waals surface area contributed by atoms with Crippen molar-refractivity contribution in [2.75, 3.05) is 6.26 Å². The van der Waals surface area contributed by atoms with Gasteiger partial charge in [0.25, 0.3) is 0 Å². The maximum atomic E-state index is 11.0. The second kappa shape index (κ2) is 2.95. The average molecular weight is 241 g/mol. The number of rotatable bonds is 1. The van der Waals surface area contributed by atoms with Gasteiger partial charge in [-0.05, 0) is 18.2 Å². The highest BCUT2D eigenvalue weighted by Crippen LogP contribution is 2.15. The van der Waals surface area contributed by atoms with Crippen LogP contribution in [0.3, 0.4) is 0 Å². The second-order valence-electron chi connectivity index (χ2n) is 2.23. The van der Waals surface area contributed by atoms with Crippen LogP contribution in [0.15, 0.2) is 33.6 Å². The molecule has 0 heterocycles. The quantitative estimate of drug-likeness (QED) is 0.751. The molecule has 0 saturated heterocycles. The highest BCUT2D eigenvalue weighted by atomic mass is 79.9. The van der Waals surface area contributed by atoms with Gasteiger partial charge in [0.1, 0.15) is 0 Å². The molecule has 0 fully saturated rings. The smallest absolute Gasteiger partial charge is 0.175 e. The van der Waals surface area contributed by atoms with Crippen molar-refractivity contribution in [3.8, 4) is 0 Å². The molecule has 0 radical (unpaired) electrons. The largest absolute Gasteiger partial charge is 0.224 e. The number of benzene rings is 1. The molecule has 0 N–H and O–H groups in total. The van der Waals surface area contributed by atoms with E-state index >= 15 is 0 Å². The highest BCUT2D eigenvalue weighted by Gasteiger charge is 2.05. The van der Waals surface area contributed by atoms with E-state index in [1.54, 1.807) is 24.3 Å². The van der Waals surface area contributed by atoms with E-state index in [1.165, 1.54) is 6.26 Å². The Balaban J connectivity index is 3.28. The Morgan fingerprint density at radius 2 is 2.00 bits per heavy atom. The van der Waals surface area contributed by atoms with Crippen molar-refractivity contribution in [2.24, 2.45) is 0 Å². The SMILES string of the molecule is CS(=O)(=O)[13c]1[13cH][13cH][13cH][13c](Br)[13cH]1. The standard InChI is InChI=1S/C7H7BrO2S/c1-11(9,10)7-4-2-3-6(8)5-7/h2-5H,1H3/i2+1,3+1,4+1,5+1,6+1,7+1. The molecule has 0 bridgehead atoms. The zero-order valence-corrected chi connectivity index (χ0v) is 8.31. The summed E-state index contributed by atoms with van der Waals surface area (Å²) in [4.78, 5) is 0.340. The summed E-state index contributed by atoms with van der Waals surface area (Å²) >= 11 is 3.19. The topological polar surface area (TPSA) is 34.1 Å². The number of sulfone groups is 1. The Morgan fingerprint density at radius 1 is 1.36 bits per heavy atom. The molecule has 1 aromatic carbocycles. The van der Waals surface area contributed by atoms with E-state index in [4.69, 9.17) is 0 Å². The third-order valence-corrected chi connectivity index (χ3v) is 2.83. The minimum Gasteiger partial charge on any atom is -0.224 e. The van der Waals surface area contributed by atoms with Crippen LogP contribution in [0.25, 0.3) is 0 Å². The van der Waals surface area contributed by atoms with Crippen LogP contribution in [0.4, 0.5) is 0 Å². The van der Waals surface area contributed by atoms with Crippen LogP contribution in [0, 0.1) is 0 Å². The first-order valence-corrected chi connectivity index (χ1v) is 5.64. The fraction of sp³-hybridized carbons (Fsp3) is 0.143. The van der Waals surface area contributed by atoms with E-state index in [2.05, 4.69) is 15.9 Å². The van der Waals surface area contributed by atoms with Gasteiger partial charge in [-0.3, -0.25) is 0 Å². The van der Waals surface area contributed by atoms with Gasteiger partial charge in [0.15, 0.2) is 9.84 Å². The molecule has 0 unspecified atom stereocenters. The molecule has 0 saturated carbocycles. The fourth-order valence-electron chi connectivity index (χ4n) is 0.698. The fourth-order valence-corrected chi connectivity index (χ4v) is 1.92. The molecule has 0 aliphatic carbocycles. The first kappa shape index (κ1) is 8.74. The normalized spacial score (nSPS) is 11.5. The summed E-state index contributed by atoms with van der Waals surface area (Å²) in [6.45, 7) is 0.